The molecule has 106 valence electrons. The van der Waals surface area contributed by atoms with Gasteiger partial charge in [-0.05, 0) is 25.5 Å². The number of anilines is 1. The van der Waals surface area contributed by atoms with Crippen molar-refractivity contribution in [2.45, 2.75) is 19.8 Å². The van der Waals surface area contributed by atoms with E-state index in [0.717, 1.165) is 0 Å². The smallest absolute Gasteiger partial charge is 0.315 e. The first-order chi connectivity index (χ1) is 9.54. The average molecular weight is 276 g/mol. The fourth-order valence-electron chi connectivity index (χ4n) is 1.37. The molecule has 1 aromatic rings. The molecule has 0 aliphatic rings. The molecule has 1 aromatic carbocycles. The lowest BCUT2D eigenvalue weighted by molar-refractivity contribution is -0.144. The first kappa shape index (κ1) is 15.5. The van der Waals surface area contributed by atoms with E-state index in [4.69, 9.17) is 15.1 Å². The van der Waals surface area contributed by atoms with Crippen LogP contribution in [0.15, 0.2) is 24.3 Å². The van der Waals surface area contributed by atoms with Crippen LogP contribution in [0.25, 0.3) is 0 Å². The highest BCUT2D eigenvalue weighted by atomic mass is 16.5. The highest BCUT2D eigenvalue weighted by molar-refractivity contribution is 6.03. The number of carbonyl (C=O) groups is 2. The zero-order valence-electron chi connectivity index (χ0n) is 11.1. The van der Waals surface area contributed by atoms with Gasteiger partial charge in [0.25, 0.3) is 0 Å². The number of hydrogen-bond acceptors (Lipinski definition) is 4. The van der Waals surface area contributed by atoms with Crippen LogP contribution in [0.3, 0.4) is 0 Å². The van der Waals surface area contributed by atoms with Gasteiger partial charge in [0.05, 0.1) is 12.7 Å². The topological polar surface area (TPSA) is 99.4 Å². The Kier molecular flexibility index (Phi) is 6.04. The standard InChI is InChI=1S/C14H16N2O4/c1-10(14(18)19)13(17)16-11-5-4-6-12(9-11)20-8-3-2-7-15/h4-6,9-10H,2-3,8H2,1H3,(H,16,17)(H,18,19). The minimum atomic E-state index is -1.17. The van der Waals surface area contributed by atoms with Gasteiger partial charge in [-0.25, -0.2) is 0 Å². The quantitative estimate of drug-likeness (QED) is 0.586. The number of benzene rings is 1. The summed E-state index contributed by atoms with van der Waals surface area (Å²) in [4.78, 5) is 22.3. The molecular formula is C14H16N2O4. The molecule has 0 bridgehead atoms. The Morgan fingerprint density at radius 1 is 1.50 bits per heavy atom. The van der Waals surface area contributed by atoms with Gasteiger partial charge in [-0.2, -0.15) is 5.26 Å². The van der Waals surface area contributed by atoms with E-state index < -0.39 is 17.8 Å². The lowest BCUT2D eigenvalue weighted by atomic mass is 10.1. The second kappa shape index (κ2) is 7.79. The molecule has 0 heterocycles. The molecule has 0 spiro atoms. The SMILES string of the molecule is CC(C(=O)O)C(=O)Nc1cccc(OCCCC#N)c1. The van der Waals surface area contributed by atoms with Gasteiger partial charge in [0.1, 0.15) is 11.7 Å². The van der Waals surface area contributed by atoms with Gasteiger partial charge in [0, 0.05) is 18.2 Å². The lowest BCUT2D eigenvalue weighted by Crippen LogP contribution is -2.26. The highest BCUT2D eigenvalue weighted by Crippen LogP contribution is 2.18. The third kappa shape index (κ3) is 4.98. The average Bonchev–Trinajstić information content (AvgIpc) is 2.43. The molecule has 0 radical (unpaired) electrons. The fraction of sp³-hybridized carbons (Fsp3) is 0.357. The molecule has 0 aliphatic carbocycles. The molecule has 6 heteroatoms. The van der Waals surface area contributed by atoms with Crippen LogP contribution in [0, 0.1) is 17.2 Å². The Hall–Kier alpha value is -2.55. The minimum absolute atomic E-state index is 0.413. The van der Waals surface area contributed by atoms with Gasteiger partial charge in [0.15, 0.2) is 0 Å². The summed E-state index contributed by atoms with van der Waals surface area (Å²) in [7, 11) is 0. The van der Waals surface area contributed by atoms with E-state index in [2.05, 4.69) is 5.32 Å². The summed E-state index contributed by atoms with van der Waals surface area (Å²) in [6, 6.07) is 8.70. The Labute approximate surface area is 117 Å². The second-order valence-corrected chi connectivity index (χ2v) is 4.19. The van der Waals surface area contributed by atoms with Crippen molar-refractivity contribution in [2.24, 2.45) is 5.92 Å². The van der Waals surface area contributed by atoms with Crippen LogP contribution < -0.4 is 10.1 Å². The van der Waals surface area contributed by atoms with Gasteiger partial charge in [-0.1, -0.05) is 6.07 Å². The normalized spacial score (nSPS) is 11.2. The molecule has 0 fully saturated rings. The Morgan fingerprint density at radius 3 is 2.90 bits per heavy atom. The summed E-state index contributed by atoms with van der Waals surface area (Å²) in [5.41, 5.74) is 0.473. The van der Waals surface area contributed by atoms with Gasteiger partial charge in [-0.15, -0.1) is 0 Å². The molecule has 0 aliphatic heterocycles. The summed E-state index contributed by atoms with van der Waals surface area (Å²) in [6.45, 7) is 1.73. The molecular weight excluding hydrogens is 260 g/mol. The van der Waals surface area contributed by atoms with Crippen LogP contribution >= 0.6 is 0 Å². The van der Waals surface area contributed by atoms with Crippen molar-refractivity contribution < 1.29 is 19.4 Å². The van der Waals surface area contributed by atoms with Crippen molar-refractivity contribution in [1.82, 2.24) is 0 Å². The number of unbranched alkanes of at least 4 members (excludes halogenated alkanes) is 1. The maximum Gasteiger partial charge on any atom is 0.315 e. The number of nitriles is 1. The lowest BCUT2D eigenvalue weighted by Gasteiger charge is -2.10. The molecule has 1 unspecified atom stereocenters. The van der Waals surface area contributed by atoms with Crippen molar-refractivity contribution in [3.05, 3.63) is 24.3 Å². The number of nitrogens with one attached hydrogen (secondary N) is 1. The number of hydrogen-bond donors (Lipinski definition) is 2. The molecule has 20 heavy (non-hydrogen) atoms. The van der Waals surface area contributed by atoms with Crippen LogP contribution in [0.4, 0.5) is 5.69 Å². The number of rotatable bonds is 7. The van der Waals surface area contributed by atoms with Crippen molar-refractivity contribution in [1.29, 1.82) is 5.26 Å². The van der Waals surface area contributed by atoms with E-state index >= 15 is 0 Å². The predicted octanol–water partition coefficient (Wildman–Crippen LogP) is 2.03. The van der Waals surface area contributed by atoms with E-state index in [1.807, 2.05) is 6.07 Å². The summed E-state index contributed by atoms with van der Waals surface area (Å²) >= 11 is 0. The number of carboxylic acids is 1. The van der Waals surface area contributed by atoms with Gasteiger partial charge in [0.2, 0.25) is 5.91 Å². The van der Waals surface area contributed by atoms with E-state index in [0.29, 0.717) is 30.9 Å². The largest absolute Gasteiger partial charge is 0.493 e. The monoisotopic (exact) mass is 276 g/mol. The first-order valence-corrected chi connectivity index (χ1v) is 6.18. The van der Waals surface area contributed by atoms with Crippen molar-refractivity contribution in [3.8, 4) is 11.8 Å². The highest BCUT2D eigenvalue weighted by Gasteiger charge is 2.20. The van der Waals surface area contributed by atoms with Crippen LogP contribution in [-0.2, 0) is 9.59 Å². The zero-order valence-corrected chi connectivity index (χ0v) is 11.1. The third-order valence-electron chi connectivity index (χ3n) is 2.57. The van der Waals surface area contributed by atoms with Crippen molar-refractivity contribution in [3.63, 3.8) is 0 Å². The number of amides is 1. The van der Waals surface area contributed by atoms with Crippen LogP contribution in [-0.4, -0.2) is 23.6 Å². The number of carbonyl (C=O) groups excluding carboxylic acids is 1. The Morgan fingerprint density at radius 2 is 2.25 bits per heavy atom. The van der Waals surface area contributed by atoms with E-state index in [-0.39, 0.29) is 0 Å². The second-order valence-electron chi connectivity index (χ2n) is 4.19. The van der Waals surface area contributed by atoms with Crippen LogP contribution in [0.2, 0.25) is 0 Å². The molecule has 1 rings (SSSR count). The van der Waals surface area contributed by atoms with E-state index in [1.165, 1.54) is 6.92 Å². The molecule has 1 amide bonds. The summed E-state index contributed by atoms with van der Waals surface area (Å²) in [5, 5.41) is 19.7. The predicted molar refractivity (Wildman–Crippen MR) is 72.2 cm³/mol. The number of aliphatic carboxylic acids is 1. The molecule has 2 N–H and O–H groups in total. The van der Waals surface area contributed by atoms with Crippen LogP contribution in [0.5, 0.6) is 5.75 Å². The molecule has 6 nitrogen and oxygen atoms in total. The van der Waals surface area contributed by atoms with E-state index in [9.17, 15) is 9.59 Å². The number of carboxylic acid groups (broad SMARTS) is 1. The summed E-state index contributed by atoms with van der Waals surface area (Å²) in [5.74, 6) is -2.32. The molecule has 0 saturated carbocycles. The summed E-state index contributed by atoms with van der Waals surface area (Å²) in [6.07, 6.45) is 1.05. The maximum absolute atomic E-state index is 11.6. The van der Waals surface area contributed by atoms with Crippen molar-refractivity contribution >= 4 is 17.6 Å². The van der Waals surface area contributed by atoms with Crippen LogP contribution in [0.1, 0.15) is 19.8 Å². The minimum Gasteiger partial charge on any atom is -0.493 e. The van der Waals surface area contributed by atoms with Gasteiger partial charge >= 0.3 is 5.97 Å². The third-order valence-corrected chi connectivity index (χ3v) is 2.57. The molecule has 0 saturated heterocycles. The first-order valence-electron chi connectivity index (χ1n) is 6.18. The zero-order chi connectivity index (χ0) is 15.0. The Bertz CT molecular complexity index is 522. The molecule has 1 atom stereocenters. The molecule has 0 aromatic heterocycles. The maximum atomic E-state index is 11.6. The van der Waals surface area contributed by atoms with E-state index in [1.54, 1.807) is 24.3 Å². The fourth-order valence-corrected chi connectivity index (χ4v) is 1.37. The number of ether oxygens (including phenoxy) is 1. The van der Waals surface area contributed by atoms with Gasteiger partial charge < -0.3 is 15.2 Å². The van der Waals surface area contributed by atoms with Gasteiger partial charge in [-0.3, -0.25) is 9.59 Å². The number of nitrogens with zero attached hydrogens (tertiary/aromatic N) is 1. The Balaban J connectivity index is 2.57. The summed E-state index contributed by atoms with van der Waals surface area (Å²) < 4.78 is 5.42. The van der Waals surface area contributed by atoms with Crippen molar-refractivity contribution in [2.75, 3.05) is 11.9 Å².